The fraction of sp³-hybridized carbons (Fsp3) is 0.435. The first-order valence-electron chi connectivity index (χ1n) is 10.4. The fourth-order valence-corrected chi connectivity index (χ4v) is 3.48. The second-order valence-corrected chi connectivity index (χ2v) is 8.66. The zero-order valence-electron chi connectivity index (χ0n) is 18.8. The van der Waals surface area contributed by atoms with Gasteiger partial charge in [-0.2, -0.15) is 13.2 Å². The number of pyridine rings is 1. The van der Waals surface area contributed by atoms with Crippen LogP contribution in [0, 0.1) is 12.3 Å². The number of carbonyl (C=O) groups is 1. The van der Waals surface area contributed by atoms with Crippen molar-refractivity contribution in [3.8, 4) is 5.75 Å². The van der Waals surface area contributed by atoms with Gasteiger partial charge in [-0.15, -0.1) is 0 Å². The van der Waals surface area contributed by atoms with Gasteiger partial charge in [0.25, 0.3) is 0 Å². The van der Waals surface area contributed by atoms with Crippen LogP contribution in [0.25, 0.3) is 11.0 Å². The Morgan fingerprint density at radius 2 is 1.94 bits per heavy atom. The molecule has 1 aromatic carbocycles. The zero-order valence-corrected chi connectivity index (χ0v) is 19.5. The third kappa shape index (κ3) is 5.76. The summed E-state index contributed by atoms with van der Waals surface area (Å²) >= 11 is 6.09. The number of halogens is 4. The molecule has 0 aliphatic carbocycles. The van der Waals surface area contributed by atoms with Crippen molar-refractivity contribution in [2.75, 3.05) is 13.2 Å². The van der Waals surface area contributed by atoms with E-state index in [1.165, 1.54) is 0 Å². The zero-order chi connectivity index (χ0) is 24.4. The van der Waals surface area contributed by atoms with Gasteiger partial charge in [-0.1, -0.05) is 11.6 Å². The van der Waals surface area contributed by atoms with Crippen LogP contribution in [0.3, 0.4) is 0 Å². The summed E-state index contributed by atoms with van der Waals surface area (Å²) in [7, 11) is 0. The molecule has 0 fully saturated rings. The van der Waals surface area contributed by atoms with E-state index in [4.69, 9.17) is 21.1 Å². The van der Waals surface area contributed by atoms with Crippen molar-refractivity contribution in [1.29, 1.82) is 0 Å². The predicted octanol–water partition coefficient (Wildman–Crippen LogP) is 5.82. The first-order chi connectivity index (χ1) is 15.4. The highest BCUT2D eigenvalue weighted by atomic mass is 35.5. The van der Waals surface area contributed by atoms with Crippen LogP contribution < -0.4 is 4.74 Å². The monoisotopic (exact) mass is 483 g/mol. The largest absolute Gasteiger partial charge is 0.493 e. The molecule has 2 heterocycles. The van der Waals surface area contributed by atoms with E-state index in [0.717, 1.165) is 17.8 Å². The minimum Gasteiger partial charge on any atom is -0.493 e. The first-order valence-corrected chi connectivity index (χ1v) is 10.8. The number of hydrogen-bond donors (Lipinski definition) is 0. The summed E-state index contributed by atoms with van der Waals surface area (Å²) in [6.07, 6.45) is -3.27. The van der Waals surface area contributed by atoms with Crippen LogP contribution in [0.1, 0.15) is 44.3 Å². The number of rotatable bonds is 8. The predicted molar refractivity (Wildman–Crippen MR) is 118 cm³/mol. The Balaban J connectivity index is 1.79. The molecule has 2 aromatic heterocycles. The average Bonchev–Trinajstić information content (AvgIpc) is 3.03. The van der Waals surface area contributed by atoms with Crippen LogP contribution in [0.15, 0.2) is 30.5 Å². The summed E-state index contributed by atoms with van der Waals surface area (Å²) in [6, 6.07) is 6.25. The topological polar surface area (TPSA) is 66.2 Å². The van der Waals surface area contributed by atoms with Gasteiger partial charge in [0.2, 0.25) is 0 Å². The maximum absolute atomic E-state index is 12.9. The van der Waals surface area contributed by atoms with E-state index in [1.54, 1.807) is 45.9 Å². The quantitative estimate of drug-likeness (QED) is 0.378. The summed E-state index contributed by atoms with van der Waals surface area (Å²) < 4.78 is 51.5. The van der Waals surface area contributed by atoms with Crippen molar-refractivity contribution in [2.45, 2.75) is 46.8 Å². The summed E-state index contributed by atoms with van der Waals surface area (Å²) in [5, 5.41) is -0.0697. The molecule has 0 atom stereocenters. The van der Waals surface area contributed by atoms with E-state index in [0.29, 0.717) is 42.4 Å². The smallest absolute Gasteiger partial charge is 0.417 e. The average molecular weight is 484 g/mol. The minimum absolute atomic E-state index is 0.0697. The highest BCUT2D eigenvalue weighted by Crippen LogP contribution is 2.32. The van der Waals surface area contributed by atoms with E-state index in [1.807, 2.05) is 4.57 Å². The van der Waals surface area contributed by atoms with Crippen molar-refractivity contribution in [2.24, 2.45) is 5.41 Å². The summed E-state index contributed by atoms with van der Waals surface area (Å²) in [5.41, 5.74) is 0.158. The molecule has 0 N–H and O–H groups in total. The molecular formula is C23H25ClF3N3O3. The fourth-order valence-electron chi connectivity index (χ4n) is 3.25. The lowest BCUT2D eigenvalue weighted by molar-refractivity contribution is -0.154. The molecule has 0 unspecified atom stereocenters. The SMILES string of the molecule is CCOC(=O)C(C)(C)CCOc1ccc2nc(C)n(Cc3ncc(C(F)(F)F)cc3Cl)c2c1. The number of hydrogen-bond acceptors (Lipinski definition) is 5. The van der Waals surface area contributed by atoms with Gasteiger partial charge in [-0.25, -0.2) is 4.98 Å². The molecule has 0 saturated carbocycles. The Labute approximate surface area is 194 Å². The number of alkyl halides is 3. The molecule has 0 bridgehead atoms. The molecule has 10 heteroatoms. The van der Waals surface area contributed by atoms with Crippen LogP contribution in [-0.4, -0.2) is 33.7 Å². The second-order valence-electron chi connectivity index (χ2n) is 8.25. The number of fused-ring (bicyclic) bond motifs is 1. The Bertz CT molecular complexity index is 1160. The molecule has 178 valence electrons. The summed E-state index contributed by atoms with van der Waals surface area (Å²) in [6.45, 7) is 7.93. The lowest BCUT2D eigenvalue weighted by Gasteiger charge is -2.22. The van der Waals surface area contributed by atoms with E-state index in [9.17, 15) is 18.0 Å². The molecular weight excluding hydrogens is 459 g/mol. The highest BCUT2D eigenvalue weighted by molar-refractivity contribution is 6.31. The van der Waals surface area contributed by atoms with Crippen molar-refractivity contribution in [3.05, 3.63) is 52.6 Å². The molecule has 3 aromatic rings. The number of esters is 1. The van der Waals surface area contributed by atoms with Crippen molar-refractivity contribution in [3.63, 3.8) is 0 Å². The van der Waals surface area contributed by atoms with Gasteiger partial charge in [0.1, 0.15) is 11.6 Å². The summed E-state index contributed by atoms with van der Waals surface area (Å²) in [4.78, 5) is 20.5. The van der Waals surface area contributed by atoms with Crippen LogP contribution >= 0.6 is 11.6 Å². The van der Waals surface area contributed by atoms with Gasteiger partial charge < -0.3 is 14.0 Å². The van der Waals surface area contributed by atoms with Crippen molar-refractivity contribution < 1.29 is 27.4 Å². The lowest BCUT2D eigenvalue weighted by atomic mass is 9.90. The van der Waals surface area contributed by atoms with Gasteiger partial charge >= 0.3 is 12.1 Å². The molecule has 0 aliphatic heterocycles. The maximum atomic E-state index is 12.9. The molecule has 0 saturated heterocycles. The number of nitrogens with zero attached hydrogens (tertiary/aromatic N) is 3. The Hall–Kier alpha value is -2.81. The van der Waals surface area contributed by atoms with Crippen LogP contribution in [0.2, 0.25) is 5.02 Å². The molecule has 33 heavy (non-hydrogen) atoms. The molecule has 0 aliphatic rings. The Morgan fingerprint density at radius 3 is 2.58 bits per heavy atom. The first kappa shape index (κ1) is 24.8. The van der Waals surface area contributed by atoms with Gasteiger partial charge in [0, 0.05) is 12.3 Å². The van der Waals surface area contributed by atoms with Crippen molar-refractivity contribution in [1.82, 2.24) is 14.5 Å². The molecule has 0 spiro atoms. The van der Waals surface area contributed by atoms with Crippen molar-refractivity contribution >= 4 is 28.6 Å². The molecule has 0 amide bonds. The number of aromatic nitrogens is 3. The van der Waals surface area contributed by atoms with Gasteiger partial charge in [0.15, 0.2) is 0 Å². The highest BCUT2D eigenvalue weighted by Gasteiger charge is 2.32. The molecule has 6 nitrogen and oxygen atoms in total. The lowest BCUT2D eigenvalue weighted by Crippen LogP contribution is -2.28. The van der Waals surface area contributed by atoms with E-state index in [-0.39, 0.29) is 17.5 Å². The molecule has 0 radical (unpaired) electrons. The molecule has 3 rings (SSSR count). The third-order valence-corrected chi connectivity index (χ3v) is 5.61. The van der Waals surface area contributed by atoms with E-state index >= 15 is 0 Å². The van der Waals surface area contributed by atoms with Crippen LogP contribution in [-0.2, 0) is 22.3 Å². The van der Waals surface area contributed by atoms with Gasteiger partial charge in [-0.05, 0) is 52.3 Å². The number of aryl methyl sites for hydroxylation is 1. The number of imidazole rings is 1. The number of benzene rings is 1. The Kier molecular flexibility index (Phi) is 7.21. The van der Waals surface area contributed by atoms with Crippen LogP contribution in [0.5, 0.6) is 5.75 Å². The summed E-state index contributed by atoms with van der Waals surface area (Å²) in [5.74, 6) is 0.955. The maximum Gasteiger partial charge on any atom is 0.417 e. The second kappa shape index (κ2) is 9.59. The number of ether oxygens (including phenoxy) is 2. The van der Waals surface area contributed by atoms with Gasteiger partial charge in [-0.3, -0.25) is 9.78 Å². The van der Waals surface area contributed by atoms with Crippen LogP contribution in [0.4, 0.5) is 13.2 Å². The minimum atomic E-state index is -4.51. The number of carbonyl (C=O) groups excluding carboxylic acids is 1. The van der Waals surface area contributed by atoms with E-state index in [2.05, 4.69) is 9.97 Å². The Morgan fingerprint density at radius 1 is 1.21 bits per heavy atom. The third-order valence-electron chi connectivity index (χ3n) is 5.29. The normalized spacial score (nSPS) is 12.2. The standard InChI is InChI=1S/C23H25ClF3N3O3/c1-5-32-21(31)22(3,4)8-9-33-16-6-7-18-20(11-16)30(14(2)29-18)13-19-17(24)10-15(12-28-19)23(25,26)27/h6-7,10-12H,5,8-9,13H2,1-4H3. The van der Waals surface area contributed by atoms with Gasteiger partial charge in [0.05, 0.1) is 52.5 Å². The van der Waals surface area contributed by atoms with E-state index < -0.39 is 17.2 Å².